The zero-order chi connectivity index (χ0) is 12.0. The molecule has 0 atom stereocenters. The molecule has 0 bridgehead atoms. The molecule has 0 radical (unpaired) electrons. The van der Waals surface area contributed by atoms with Crippen LogP contribution in [0.4, 0.5) is 0 Å². The molecule has 1 aromatic carbocycles. The van der Waals surface area contributed by atoms with Gasteiger partial charge in [0.2, 0.25) is 0 Å². The molecular formula is C10H11N3O2S. The first-order chi connectivity index (χ1) is 7.58. The van der Waals surface area contributed by atoms with E-state index < -0.39 is 0 Å². The van der Waals surface area contributed by atoms with Crippen molar-refractivity contribution < 1.29 is 9.53 Å². The summed E-state index contributed by atoms with van der Waals surface area (Å²) in [4.78, 5) is 10.7. The Bertz CT molecular complexity index is 415. The Kier molecular flexibility index (Phi) is 4.41. The Labute approximate surface area is 98.3 Å². The molecule has 0 aliphatic carbocycles. The van der Waals surface area contributed by atoms with Crippen molar-refractivity contribution in [2.24, 2.45) is 10.8 Å². The summed E-state index contributed by atoms with van der Waals surface area (Å²) in [6.45, 7) is 1.35. The largest absolute Gasteiger partial charge is 0.427 e. The van der Waals surface area contributed by atoms with Crippen LogP contribution in [0, 0.1) is 0 Å². The lowest BCUT2D eigenvalue weighted by Crippen LogP contribution is -2.23. The average Bonchev–Trinajstić information content (AvgIpc) is 2.19. The molecule has 0 fully saturated rings. The van der Waals surface area contributed by atoms with Gasteiger partial charge in [0.15, 0.2) is 5.11 Å². The number of thiocarbonyl (C=S) groups is 1. The van der Waals surface area contributed by atoms with E-state index in [0.717, 1.165) is 5.56 Å². The zero-order valence-corrected chi connectivity index (χ0v) is 9.45. The maximum Gasteiger partial charge on any atom is 0.308 e. The van der Waals surface area contributed by atoms with E-state index in [0.29, 0.717) is 5.75 Å². The van der Waals surface area contributed by atoms with Gasteiger partial charge in [-0.1, -0.05) is 0 Å². The molecule has 5 nitrogen and oxygen atoms in total. The Hall–Kier alpha value is -1.95. The van der Waals surface area contributed by atoms with Crippen molar-refractivity contribution in [3.8, 4) is 5.75 Å². The number of hydrazone groups is 1. The summed E-state index contributed by atoms with van der Waals surface area (Å²) < 4.78 is 4.87. The molecule has 3 N–H and O–H groups in total. The number of benzene rings is 1. The SMILES string of the molecule is CC(=O)Oc1ccc(/C=N\NC(N)=S)cc1. The molecule has 0 heterocycles. The summed E-state index contributed by atoms with van der Waals surface area (Å²) in [6.07, 6.45) is 1.55. The third kappa shape index (κ3) is 4.52. The van der Waals surface area contributed by atoms with Gasteiger partial charge in [-0.25, -0.2) is 0 Å². The van der Waals surface area contributed by atoms with Crippen LogP contribution in [0.3, 0.4) is 0 Å². The van der Waals surface area contributed by atoms with Crippen LogP contribution in [-0.4, -0.2) is 17.3 Å². The predicted molar refractivity (Wildman–Crippen MR) is 65.3 cm³/mol. The number of carbonyl (C=O) groups excluding carboxylic acids is 1. The first kappa shape index (κ1) is 12.1. The fraction of sp³-hybridized carbons (Fsp3) is 0.100. The summed E-state index contributed by atoms with van der Waals surface area (Å²) in [5, 5.41) is 3.89. The van der Waals surface area contributed by atoms with Gasteiger partial charge in [-0.2, -0.15) is 5.10 Å². The summed E-state index contributed by atoms with van der Waals surface area (Å²) in [5.74, 6) is 0.142. The molecule has 1 aromatic rings. The third-order valence-electron chi connectivity index (χ3n) is 1.53. The number of nitrogens with two attached hydrogens (primary N) is 1. The lowest BCUT2D eigenvalue weighted by molar-refractivity contribution is -0.131. The van der Waals surface area contributed by atoms with Crippen LogP contribution in [-0.2, 0) is 4.79 Å². The maximum absolute atomic E-state index is 10.7. The van der Waals surface area contributed by atoms with Crippen molar-refractivity contribution in [2.45, 2.75) is 6.92 Å². The number of nitrogens with zero attached hydrogens (tertiary/aromatic N) is 1. The number of ether oxygens (including phenoxy) is 1. The fourth-order valence-corrected chi connectivity index (χ4v) is 1.01. The van der Waals surface area contributed by atoms with Crippen LogP contribution < -0.4 is 15.9 Å². The number of hydrogen-bond acceptors (Lipinski definition) is 4. The minimum atomic E-state index is -0.350. The van der Waals surface area contributed by atoms with Crippen LogP contribution in [0.2, 0.25) is 0 Å². The zero-order valence-electron chi connectivity index (χ0n) is 8.64. The van der Waals surface area contributed by atoms with Gasteiger partial charge in [0.05, 0.1) is 6.21 Å². The van der Waals surface area contributed by atoms with Crippen LogP contribution in [0.1, 0.15) is 12.5 Å². The summed E-state index contributed by atoms with van der Waals surface area (Å²) >= 11 is 4.57. The second kappa shape index (κ2) is 5.82. The Balaban J connectivity index is 2.60. The quantitative estimate of drug-likeness (QED) is 0.267. The van der Waals surface area contributed by atoms with Gasteiger partial charge in [-0.15, -0.1) is 0 Å². The average molecular weight is 237 g/mol. The van der Waals surface area contributed by atoms with Crippen LogP contribution in [0.25, 0.3) is 0 Å². The Morgan fingerprint density at radius 2 is 2.12 bits per heavy atom. The fourth-order valence-electron chi connectivity index (χ4n) is 0.958. The molecule has 84 valence electrons. The topological polar surface area (TPSA) is 76.7 Å². The molecule has 0 aliphatic heterocycles. The molecule has 0 saturated carbocycles. The predicted octanol–water partition coefficient (Wildman–Crippen LogP) is 0.779. The Morgan fingerprint density at radius 1 is 1.50 bits per heavy atom. The highest BCUT2D eigenvalue weighted by Crippen LogP contribution is 2.10. The van der Waals surface area contributed by atoms with E-state index in [1.54, 1.807) is 30.5 Å². The first-order valence-electron chi connectivity index (χ1n) is 4.45. The van der Waals surface area contributed by atoms with Gasteiger partial charge in [0.1, 0.15) is 5.75 Å². The van der Waals surface area contributed by atoms with E-state index in [9.17, 15) is 4.79 Å². The molecule has 0 saturated heterocycles. The van der Waals surface area contributed by atoms with E-state index in [1.165, 1.54) is 6.92 Å². The van der Waals surface area contributed by atoms with Crippen molar-refractivity contribution in [3.05, 3.63) is 29.8 Å². The highest BCUT2D eigenvalue weighted by atomic mass is 32.1. The normalized spacial score (nSPS) is 10.1. The number of hydrogen-bond donors (Lipinski definition) is 2. The molecule has 0 unspecified atom stereocenters. The smallest absolute Gasteiger partial charge is 0.308 e. The number of esters is 1. The molecule has 6 heteroatoms. The van der Waals surface area contributed by atoms with E-state index in [2.05, 4.69) is 22.7 Å². The van der Waals surface area contributed by atoms with Crippen LogP contribution in [0.5, 0.6) is 5.75 Å². The maximum atomic E-state index is 10.7. The molecule has 1 rings (SSSR count). The van der Waals surface area contributed by atoms with E-state index in [4.69, 9.17) is 10.5 Å². The van der Waals surface area contributed by atoms with Gasteiger partial charge in [0.25, 0.3) is 0 Å². The first-order valence-corrected chi connectivity index (χ1v) is 4.86. The minimum absolute atomic E-state index is 0.104. The highest BCUT2D eigenvalue weighted by Gasteiger charge is 1.96. The lowest BCUT2D eigenvalue weighted by atomic mass is 10.2. The molecule has 0 spiro atoms. The molecule has 0 amide bonds. The minimum Gasteiger partial charge on any atom is -0.427 e. The van der Waals surface area contributed by atoms with E-state index in [-0.39, 0.29) is 11.1 Å². The molecular weight excluding hydrogens is 226 g/mol. The van der Waals surface area contributed by atoms with Gasteiger partial charge >= 0.3 is 5.97 Å². The van der Waals surface area contributed by atoms with E-state index >= 15 is 0 Å². The number of nitrogens with one attached hydrogen (secondary N) is 1. The number of rotatable bonds is 3. The van der Waals surface area contributed by atoms with Gasteiger partial charge in [0, 0.05) is 6.92 Å². The monoisotopic (exact) mass is 237 g/mol. The van der Waals surface area contributed by atoms with Gasteiger partial charge in [-0.05, 0) is 42.0 Å². The van der Waals surface area contributed by atoms with Crippen molar-refractivity contribution >= 4 is 29.5 Å². The summed E-state index contributed by atoms with van der Waals surface area (Å²) in [7, 11) is 0. The van der Waals surface area contributed by atoms with Crippen molar-refractivity contribution in [1.29, 1.82) is 0 Å². The summed E-state index contributed by atoms with van der Waals surface area (Å²) in [6, 6.07) is 6.85. The molecule has 0 aliphatic rings. The van der Waals surface area contributed by atoms with Crippen molar-refractivity contribution in [3.63, 3.8) is 0 Å². The van der Waals surface area contributed by atoms with Crippen LogP contribution in [0.15, 0.2) is 29.4 Å². The Morgan fingerprint density at radius 3 is 2.62 bits per heavy atom. The lowest BCUT2D eigenvalue weighted by Gasteiger charge is -2.00. The van der Waals surface area contributed by atoms with Crippen LogP contribution >= 0.6 is 12.2 Å². The van der Waals surface area contributed by atoms with Gasteiger partial charge in [-0.3, -0.25) is 10.2 Å². The second-order valence-electron chi connectivity index (χ2n) is 2.90. The third-order valence-corrected chi connectivity index (χ3v) is 1.62. The van der Waals surface area contributed by atoms with Gasteiger partial charge < -0.3 is 10.5 Å². The van der Waals surface area contributed by atoms with Crippen molar-refractivity contribution in [2.75, 3.05) is 0 Å². The highest BCUT2D eigenvalue weighted by molar-refractivity contribution is 7.80. The molecule has 0 aromatic heterocycles. The van der Waals surface area contributed by atoms with E-state index in [1.807, 2.05) is 0 Å². The van der Waals surface area contributed by atoms with Crippen molar-refractivity contribution in [1.82, 2.24) is 5.43 Å². The second-order valence-corrected chi connectivity index (χ2v) is 3.34. The molecule has 16 heavy (non-hydrogen) atoms. The number of carbonyl (C=O) groups is 1. The standard InChI is InChI=1S/C10H11N3O2S/c1-7(14)15-9-4-2-8(3-5-9)6-12-13-10(11)16/h2-6H,1H3,(H3,11,13,16)/b12-6-. The summed E-state index contributed by atoms with van der Waals surface area (Å²) in [5.41, 5.74) is 8.45.